The van der Waals surface area contributed by atoms with Gasteiger partial charge in [0.15, 0.2) is 0 Å². The molecule has 1 fully saturated rings. The highest BCUT2D eigenvalue weighted by molar-refractivity contribution is 6.30. The lowest BCUT2D eigenvalue weighted by Crippen LogP contribution is -2.31. The van der Waals surface area contributed by atoms with Crippen molar-refractivity contribution in [3.63, 3.8) is 0 Å². The number of hydrogen-bond acceptors (Lipinski definition) is 2. The van der Waals surface area contributed by atoms with Crippen LogP contribution in [0.2, 0.25) is 5.02 Å². The highest BCUT2D eigenvalue weighted by atomic mass is 35.5. The van der Waals surface area contributed by atoms with Gasteiger partial charge in [-0.15, -0.1) is 0 Å². The fourth-order valence-electron chi connectivity index (χ4n) is 3.78. The van der Waals surface area contributed by atoms with Gasteiger partial charge in [0, 0.05) is 29.5 Å². The number of hydrogen-bond donors (Lipinski definition) is 0. The van der Waals surface area contributed by atoms with Crippen LogP contribution in [0.15, 0.2) is 72.8 Å². The van der Waals surface area contributed by atoms with E-state index in [4.69, 9.17) is 11.6 Å². The van der Waals surface area contributed by atoms with E-state index in [-0.39, 0.29) is 6.17 Å². The van der Waals surface area contributed by atoms with Gasteiger partial charge in [-0.05, 0) is 66.9 Å². The summed E-state index contributed by atoms with van der Waals surface area (Å²) >= 11 is 6.14. The first-order chi connectivity index (χ1) is 12.6. The lowest BCUT2D eigenvalue weighted by atomic mass is 10.1. The second-order valence-corrected chi connectivity index (χ2v) is 7.43. The van der Waals surface area contributed by atoms with Gasteiger partial charge in [0.25, 0.3) is 0 Å². The molecular formula is C23H23ClN2. The molecule has 0 aromatic heterocycles. The predicted octanol–water partition coefficient (Wildman–Crippen LogP) is 5.98. The van der Waals surface area contributed by atoms with E-state index in [1.165, 1.54) is 28.1 Å². The first-order valence-corrected chi connectivity index (χ1v) is 9.42. The van der Waals surface area contributed by atoms with E-state index in [1.807, 2.05) is 12.1 Å². The number of rotatable bonds is 3. The summed E-state index contributed by atoms with van der Waals surface area (Å²) in [7, 11) is 0. The van der Waals surface area contributed by atoms with Crippen LogP contribution in [0.3, 0.4) is 0 Å². The minimum atomic E-state index is 0.163. The van der Waals surface area contributed by atoms with Crippen LogP contribution in [-0.4, -0.2) is 13.1 Å². The van der Waals surface area contributed by atoms with Crippen LogP contribution in [-0.2, 0) is 0 Å². The SMILES string of the molecule is Cc1cccc(N2CCN(c3cccc(C)c3)C2c2ccc(Cl)cc2)c1. The van der Waals surface area contributed by atoms with Crippen molar-refractivity contribution in [3.05, 3.63) is 94.5 Å². The van der Waals surface area contributed by atoms with Crippen molar-refractivity contribution in [1.82, 2.24) is 0 Å². The predicted molar refractivity (Wildman–Crippen MR) is 111 cm³/mol. The Bertz CT molecular complexity index is 851. The van der Waals surface area contributed by atoms with Crippen LogP contribution >= 0.6 is 11.6 Å². The Morgan fingerprint density at radius 2 is 1.23 bits per heavy atom. The Kier molecular flexibility index (Phi) is 4.60. The fourth-order valence-corrected chi connectivity index (χ4v) is 3.90. The third-order valence-corrected chi connectivity index (χ3v) is 5.26. The van der Waals surface area contributed by atoms with Gasteiger partial charge in [0.05, 0.1) is 0 Å². The molecule has 0 bridgehead atoms. The molecule has 0 aliphatic carbocycles. The topological polar surface area (TPSA) is 6.48 Å². The van der Waals surface area contributed by atoms with Crippen molar-refractivity contribution in [3.8, 4) is 0 Å². The van der Waals surface area contributed by atoms with Crippen LogP contribution in [0, 0.1) is 13.8 Å². The third-order valence-electron chi connectivity index (χ3n) is 5.01. The van der Waals surface area contributed by atoms with E-state index >= 15 is 0 Å². The van der Waals surface area contributed by atoms with Crippen LogP contribution in [0.5, 0.6) is 0 Å². The molecule has 0 amide bonds. The van der Waals surface area contributed by atoms with E-state index in [2.05, 4.69) is 84.3 Å². The molecule has 1 aliphatic heterocycles. The number of anilines is 2. The summed E-state index contributed by atoms with van der Waals surface area (Å²) in [5.74, 6) is 0. The van der Waals surface area contributed by atoms with Gasteiger partial charge in [-0.1, -0.05) is 48.0 Å². The minimum absolute atomic E-state index is 0.163. The summed E-state index contributed by atoms with van der Waals surface area (Å²) in [6.07, 6.45) is 0.163. The van der Waals surface area contributed by atoms with Crippen molar-refractivity contribution in [2.45, 2.75) is 20.0 Å². The summed E-state index contributed by atoms with van der Waals surface area (Å²) in [5.41, 5.74) is 6.35. The average molecular weight is 363 g/mol. The molecule has 0 spiro atoms. The molecule has 2 nitrogen and oxygen atoms in total. The molecule has 0 atom stereocenters. The quantitative estimate of drug-likeness (QED) is 0.565. The first kappa shape index (κ1) is 17.0. The zero-order chi connectivity index (χ0) is 18.1. The van der Waals surface area contributed by atoms with Gasteiger partial charge >= 0.3 is 0 Å². The normalized spacial score (nSPS) is 14.9. The lowest BCUT2D eigenvalue weighted by Gasteiger charge is -2.33. The van der Waals surface area contributed by atoms with Gasteiger partial charge in [0.1, 0.15) is 6.17 Å². The van der Waals surface area contributed by atoms with Crippen molar-refractivity contribution in [2.24, 2.45) is 0 Å². The molecule has 26 heavy (non-hydrogen) atoms. The number of benzene rings is 3. The van der Waals surface area contributed by atoms with Crippen LogP contribution in [0.4, 0.5) is 11.4 Å². The van der Waals surface area contributed by atoms with Gasteiger partial charge in [0.2, 0.25) is 0 Å². The molecule has 132 valence electrons. The third kappa shape index (κ3) is 3.30. The average Bonchev–Trinajstić information content (AvgIpc) is 3.07. The summed E-state index contributed by atoms with van der Waals surface area (Å²) in [5, 5.41) is 0.774. The Balaban J connectivity index is 1.78. The van der Waals surface area contributed by atoms with Crippen molar-refractivity contribution < 1.29 is 0 Å². The molecule has 0 N–H and O–H groups in total. The van der Waals surface area contributed by atoms with E-state index in [0.29, 0.717) is 0 Å². The molecule has 4 rings (SSSR count). The molecule has 0 radical (unpaired) electrons. The Labute approximate surface area is 160 Å². The fraction of sp³-hybridized carbons (Fsp3) is 0.217. The summed E-state index contributed by atoms with van der Waals surface area (Å²) in [6, 6.07) is 25.8. The second kappa shape index (κ2) is 7.05. The standard InChI is InChI=1S/C23H23ClN2/c1-17-5-3-7-21(15-17)25-13-14-26(22-8-4-6-18(2)16-22)23(25)19-9-11-20(24)12-10-19/h3-12,15-16,23H,13-14H2,1-2H3. The highest BCUT2D eigenvalue weighted by Crippen LogP contribution is 2.38. The zero-order valence-electron chi connectivity index (χ0n) is 15.2. The number of aryl methyl sites for hydroxylation is 2. The molecule has 3 aromatic carbocycles. The minimum Gasteiger partial charge on any atom is -0.346 e. The number of nitrogens with zero attached hydrogens (tertiary/aromatic N) is 2. The van der Waals surface area contributed by atoms with Gasteiger partial charge < -0.3 is 9.80 Å². The van der Waals surface area contributed by atoms with Gasteiger partial charge in [-0.25, -0.2) is 0 Å². The van der Waals surface area contributed by atoms with Crippen molar-refractivity contribution in [1.29, 1.82) is 0 Å². The lowest BCUT2D eigenvalue weighted by molar-refractivity contribution is 0.717. The highest BCUT2D eigenvalue weighted by Gasteiger charge is 2.33. The van der Waals surface area contributed by atoms with Crippen molar-refractivity contribution in [2.75, 3.05) is 22.9 Å². The Hall–Kier alpha value is -2.45. The van der Waals surface area contributed by atoms with Crippen LogP contribution in [0.25, 0.3) is 0 Å². The van der Waals surface area contributed by atoms with E-state index in [9.17, 15) is 0 Å². The molecule has 0 unspecified atom stereocenters. The molecular weight excluding hydrogens is 340 g/mol. The zero-order valence-corrected chi connectivity index (χ0v) is 15.9. The Morgan fingerprint density at radius 3 is 1.69 bits per heavy atom. The Morgan fingerprint density at radius 1 is 0.731 bits per heavy atom. The van der Waals surface area contributed by atoms with Gasteiger partial charge in [-0.2, -0.15) is 0 Å². The molecule has 3 aromatic rings. The van der Waals surface area contributed by atoms with Gasteiger partial charge in [-0.3, -0.25) is 0 Å². The van der Waals surface area contributed by atoms with E-state index in [1.54, 1.807) is 0 Å². The molecule has 1 heterocycles. The molecule has 3 heteroatoms. The maximum Gasteiger partial charge on any atom is 0.128 e. The van der Waals surface area contributed by atoms with E-state index in [0.717, 1.165) is 18.1 Å². The number of halogens is 1. The van der Waals surface area contributed by atoms with Crippen LogP contribution < -0.4 is 9.80 Å². The second-order valence-electron chi connectivity index (χ2n) is 6.99. The molecule has 1 saturated heterocycles. The monoisotopic (exact) mass is 362 g/mol. The summed E-state index contributed by atoms with van der Waals surface area (Å²) in [4.78, 5) is 4.97. The molecule has 1 aliphatic rings. The van der Waals surface area contributed by atoms with Crippen LogP contribution in [0.1, 0.15) is 22.9 Å². The maximum atomic E-state index is 6.14. The molecule has 0 saturated carbocycles. The summed E-state index contributed by atoms with van der Waals surface area (Å²) in [6.45, 7) is 6.28. The van der Waals surface area contributed by atoms with E-state index < -0.39 is 0 Å². The summed E-state index contributed by atoms with van der Waals surface area (Å²) < 4.78 is 0. The first-order valence-electron chi connectivity index (χ1n) is 9.04. The largest absolute Gasteiger partial charge is 0.346 e. The maximum absolute atomic E-state index is 6.14. The van der Waals surface area contributed by atoms with Crippen molar-refractivity contribution >= 4 is 23.0 Å². The smallest absolute Gasteiger partial charge is 0.128 e.